The highest BCUT2D eigenvalue weighted by Gasteiger charge is 2.31. The van der Waals surface area contributed by atoms with Crippen molar-refractivity contribution in [2.45, 2.75) is 51.2 Å². The first kappa shape index (κ1) is 14.8. The Morgan fingerprint density at radius 2 is 2.22 bits per heavy atom. The van der Waals surface area contributed by atoms with Gasteiger partial charge in [0.1, 0.15) is 5.76 Å². The van der Waals surface area contributed by atoms with Crippen molar-refractivity contribution in [2.75, 3.05) is 20.1 Å². The van der Waals surface area contributed by atoms with Crippen LogP contribution in [0.3, 0.4) is 0 Å². The van der Waals surface area contributed by atoms with E-state index in [0.717, 1.165) is 56.0 Å². The van der Waals surface area contributed by atoms with E-state index in [1.54, 1.807) is 6.20 Å². The molecule has 1 saturated carbocycles. The predicted octanol–water partition coefficient (Wildman–Crippen LogP) is 1.95. The Morgan fingerprint density at radius 3 is 2.96 bits per heavy atom. The van der Waals surface area contributed by atoms with Crippen LogP contribution in [-0.4, -0.2) is 51.1 Å². The van der Waals surface area contributed by atoms with Crippen LogP contribution in [0.1, 0.15) is 48.5 Å². The summed E-state index contributed by atoms with van der Waals surface area (Å²) in [6.45, 7) is 5.54. The average Bonchev–Trinajstić information content (AvgIpc) is 2.93. The van der Waals surface area contributed by atoms with Crippen LogP contribution < -0.4 is 0 Å². The van der Waals surface area contributed by atoms with Crippen LogP contribution in [0.5, 0.6) is 0 Å². The molecule has 0 spiro atoms. The Bertz CT molecular complexity index is 663. The van der Waals surface area contributed by atoms with Crippen LogP contribution in [0.15, 0.2) is 15.1 Å². The lowest BCUT2D eigenvalue weighted by molar-refractivity contribution is 0.209. The zero-order chi connectivity index (χ0) is 15.8. The lowest BCUT2D eigenvalue weighted by atomic mass is 10.2. The number of hydrogen-bond donors (Lipinski definition) is 0. The van der Waals surface area contributed by atoms with Crippen LogP contribution in [0, 0.1) is 6.92 Å². The zero-order valence-corrected chi connectivity index (χ0v) is 13.7. The summed E-state index contributed by atoms with van der Waals surface area (Å²) >= 11 is 0. The quantitative estimate of drug-likeness (QED) is 0.806. The summed E-state index contributed by atoms with van der Waals surface area (Å²) in [5.74, 6) is 3.82. The Balaban J connectivity index is 1.29. The summed E-state index contributed by atoms with van der Waals surface area (Å²) in [6, 6.07) is 0.508. The number of likely N-dealkylation sites (tertiary alicyclic amines) is 1. The molecule has 1 aliphatic carbocycles. The lowest BCUT2D eigenvalue weighted by Crippen LogP contribution is -2.34. The highest BCUT2D eigenvalue weighted by Crippen LogP contribution is 2.38. The van der Waals surface area contributed by atoms with Gasteiger partial charge >= 0.3 is 0 Å². The van der Waals surface area contributed by atoms with Crippen molar-refractivity contribution in [3.05, 3.63) is 29.6 Å². The topological polar surface area (TPSA) is 71.4 Å². The molecule has 0 bridgehead atoms. The molecular weight excluding hydrogens is 294 g/mol. The van der Waals surface area contributed by atoms with Gasteiger partial charge in [0.25, 0.3) is 0 Å². The number of aromatic nitrogens is 3. The zero-order valence-electron chi connectivity index (χ0n) is 13.7. The van der Waals surface area contributed by atoms with Gasteiger partial charge in [-0.2, -0.15) is 4.98 Å². The molecule has 124 valence electrons. The van der Waals surface area contributed by atoms with Gasteiger partial charge in [-0.3, -0.25) is 9.80 Å². The summed E-state index contributed by atoms with van der Waals surface area (Å²) in [6.07, 6.45) is 5.30. The molecule has 2 aliphatic rings. The van der Waals surface area contributed by atoms with E-state index in [4.69, 9.17) is 8.94 Å². The Kier molecular flexibility index (Phi) is 3.90. The Hall–Kier alpha value is -1.73. The molecule has 2 aromatic rings. The van der Waals surface area contributed by atoms with Gasteiger partial charge < -0.3 is 8.94 Å². The third-order valence-electron chi connectivity index (χ3n) is 4.70. The second-order valence-corrected chi connectivity index (χ2v) is 6.78. The van der Waals surface area contributed by atoms with Crippen molar-refractivity contribution < 1.29 is 8.94 Å². The van der Waals surface area contributed by atoms with E-state index < -0.39 is 0 Å². The van der Waals surface area contributed by atoms with E-state index in [1.807, 2.05) is 6.92 Å². The van der Waals surface area contributed by atoms with Gasteiger partial charge in [0, 0.05) is 25.0 Å². The standard InChI is InChI=1S/C16H23N5O2/c1-11-7-17-15(22-11)10-21-6-5-13(8-21)20(2)9-14-18-16(23-19-14)12-3-4-12/h7,12-13H,3-6,8-10H2,1-2H3/t13-/m0/s1. The van der Waals surface area contributed by atoms with E-state index in [9.17, 15) is 0 Å². The molecule has 7 nitrogen and oxygen atoms in total. The monoisotopic (exact) mass is 317 g/mol. The average molecular weight is 317 g/mol. The molecule has 0 aromatic carbocycles. The molecule has 2 fully saturated rings. The van der Waals surface area contributed by atoms with Gasteiger partial charge in [0.05, 0.1) is 19.3 Å². The first-order valence-corrected chi connectivity index (χ1v) is 8.34. The highest BCUT2D eigenvalue weighted by molar-refractivity contribution is 5.02. The first-order chi connectivity index (χ1) is 11.2. The molecule has 1 atom stereocenters. The molecule has 0 unspecified atom stereocenters. The third-order valence-corrected chi connectivity index (χ3v) is 4.70. The number of likely N-dealkylation sites (N-methyl/N-ethyl adjacent to an activating group) is 1. The molecule has 0 N–H and O–H groups in total. The van der Waals surface area contributed by atoms with E-state index >= 15 is 0 Å². The first-order valence-electron chi connectivity index (χ1n) is 8.34. The van der Waals surface area contributed by atoms with Crippen LogP contribution in [0.2, 0.25) is 0 Å². The lowest BCUT2D eigenvalue weighted by Gasteiger charge is -2.22. The van der Waals surface area contributed by atoms with E-state index in [0.29, 0.717) is 12.0 Å². The molecule has 1 aliphatic heterocycles. The van der Waals surface area contributed by atoms with E-state index in [-0.39, 0.29) is 0 Å². The number of oxazole rings is 1. The van der Waals surface area contributed by atoms with E-state index in [1.165, 1.54) is 12.8 Å². The molecule has 0 radical (unpaired) electrons. The largest absolute Gasteiger partial charge is 0.445 e. The summed E-state index contributed by atoms with van der Waals surface area (Å²) in [5, 5.41) is 4.11. The summed E-state index contributed by atoms with van der Waals surface area (Å²) in [4.78, 5) is 13.5. The number of aryl methyl sites for hydroxylation is 1. The SMILES string of the molecule is Cc1cnc(CN2CC[C@H](N(C)Cc3noc(C4CC4)n3)C2)o1. The number of nitrogens with zero attached hydrogens (tertiary/aromatic N) is 5. The normalized spacial score (nSPS) is 22.3. The fourth-order valence-corrected chi connectivity index (χ4v) is 3.16. The van der Waals surface area contributed by atoms with Crippen molar-refractivity contribution in [1.29, 1.82) is 0 Å². The third kappa shape index (κ3) is 3.45. The summed E-state index contributed by atoms with van der Waals surface area (Å²) in [7, 11) is 2.14. The van der Waals surface area contributed by atoms with Gasteiger partial charge in [0.2, 0.25) is 11.8 Å². The minimum Gasteiger partial charge on any atom is -0.445 e. The summed E-state index contributed by atoms with van der Waals surface area (Å²) < 4.78 is 10.9. The minimum absolute atomic E-state index is 0.508. The maximum Gasteiger partial charge on any atom is 0.229 e. The van der Waals surface area contributed by atoms with Gasteiger partial charge in [-0.1, -0.05) is 5.16 Å². The smallest absolute Gasteiger partial charge is 0.229 e. The predicted molar refractivity (Wildman–Crippen MR) is 82.7 cm³/mol. The van der Waals surface area contributed by atoms with Crippen molar-refractivity contribution >= 4 is 0 Å². The Morgan fingerprint density at radius 1 is 1.35 bits per heavy atom. The van der Waals surface area contributed by atoms with E-state index in [2.05, 4.69) is 32.0 Å². The Labute approximate surface area is 135 Å². The fraction of sp³-hybridized carbons (Fsp3) is 0.688. The molecule has 2 aromatic heterocycles. The molecule has 3 heterocycles. The highest BCUT2D eigenvalue weighted by atomic mass is 16.5. The molecule has 0 amide bonds. The molecule has 4 rings (SSSR count). The van der Waals surface area contributed by atoms with Crippen LogP contribution in [0.4, 0.5) is 0 Å². The van der Waals surface area contributed by atoms with Gasteiger partial charge in [-0.15, -0.1) is 0 Å². The second-order valence-electron chi connectivity index (χ2n) is 6.78. The maximum atomic E-state index is 5.57. The maximum absolute atomic E-state index is 5.57. The molecule has 7 heteroatoms. The van der Waals surface area contributed by atoms with Gasteiger partial charge in [0.15, 0.2) is 5.82 Å². The van der Waals surface area contributed by atoms with Crippen molar-refractivity contribution in [3.63, 3.8) is 0 Å². The van der Waals surface area contributed by atoms with Crippen LogP contribution in [0.25, 0.3) is 0 Å². The van der Waals surface area contributed by atoms with Crippen LogP contribution >= 0.6 is 0 Å². The molecule has 1 saturated heterocycles. The second kappa shape index (κ2) is 6.05. The molecule has 23 heavy (non-hydrogen) atoms. The number of rotatable bonds is 6. The minimum atomic E-state index is 0.508. The van der Waals surface area contributed by atoms with Crippen molar-refractivity contribution in [2.24, 2.45) is 0 Å². The summed E-state index contributed by atoms with van der Waals surface area (Å²) in [5.41, 5.74) is 0. The van der Waals surface area contributed by atoms with Crippen LogP contribution in [-0.2, 0) is 13.1 Å². The fourth-order valence-electron chi connectivity index (χ4n) is 3.16. The van der Waals surface area contributed by atoms with Crippen molar-refractivity contribution in [3.8, 4) is 0 Å². The number of hydrogen-bond acceptors (Lipinski definition) is 7. The van der Waals surface area contributed by atoms with Gasteiger partial charge in [-0.05, 0) is 33.2 Å². The van der Waals surface area contributed by atoms with Gasteiger partial charge in [-0.25, -0.2) is 4.98 Å². The molecular formula is C16H23N5O2. The van der Waals surface area contributed by atoms with Crippen molar-refractivity contribution in [1.82, 2.24) is 24.9 Å².